The molecule has 2 aliphatic heterocycles. The van der Waals surface area contributed by atoms with E-state index in [1.54, 1.807) is 18.2 Å². The lowest BCUT2D eigenvalue weighted by molar-refractivity contribution is -0.127. The van der Waals surface area contributed by atoms with Gasteiger partial charge in [0, 0.05) is 60.9 Å². The minimum absolute atomic E-state index is 0.0741. The van der Waals surface area contributed by atoms with Crippen molar-refractivity contribution in [2.75, 3.05) is 44.2 Å². The molecule has 0 radical (unpaired) electrons. The van der Waals surface area contributed by atoms with E-state index in [4.69, 9.17) is 4.42 Å². The molecule has 0 bridgehead atoms. The summed E-state index contributed by atoms with van der Waals surface area (Å²) in [4.78, 5) is 43.9. The van der Waals surface area contributed by atoms with Crippen LogP contribution in [-0.2, 0) is 14.6 Å². The smallest absolute Gasteiger partial charge is 0.349 e. The highest BCUT2D eigenvalue weighted by atomic mass is 79.9. The van der Waals surface area contributed by atoms with Crippen LogP contribution in [0.4, 0.5) is 5.69 Å². The van der Waals surface area contributed by atoms with Gasteiger partial charge in [-0.3, -0.25) is 9.59 Å². The molecular weight excluding hydrogens is 574 g/mol. The largest absolute Gasteiger partial charge is 0.422 e. The molecule has 0 aliphatic carbocycles. The third-order valence-electron chi connectivity index (χ3n) is 6.98. The van der Waals surface area contributed by atoms with Gasteiger partial charge in [-0.25, -0.2) is 13.2 Å². The molecule has 5 rings (SSSR count). The number of piperazine rings is 1. The number of nitrogens with zero attached hydrogens (tertiary/aromatic N) is 3. The fourth-order valence-electron chi connectivity index (χ4n) is 4.86. The van der Waals surface area contributed by atoms with Gasteiger partial charge in [-0.05, 0) is 61.9 Å². The molecule has 198 valence electrons. The number of carbonyl (C=O) groups excluding carboxylic acids is 2. The number of hydrogen-bond donors (Lipinski definition) is 0. The van der Waals surface area contributed by atoms with Gasteiger partial charge in [0.05, 0.1) is 4.90 Å². The first-order valence-electron chi connectivity index (χ1n) is 12.3. The second kappa shape index (κ2) is 10.0. The fourth-order valence-corrected chi connectivity index (χ4v) is 6.80. The Balaban J connectivity index is 1.30. The molecule has 3 heterocycles. The Morgan fingerprint density at radius 2 is 1.61 bits per heavy atom. The average Bonchev–Trinajstić information content (AvgIpc) is 3.17. The van der Waals surface area contributed by atoms with Gasteiger partial charge in [-0.1, -0.05) is 15.9 Å². The van der Waals surface area contributed by atoms with Gasteiger partial charge in [-0.15, -0.1) is 0 Å². The SMILES string of the molecule is CCN(CC)c1ccc2cc(C(=O)N3CCN(C(=O)C4=Cc5cc(Br)ccc5S4(=O)=O)CC3)c(=O)oc2c1. The first-order valence-corrected chi connectivity index (χ1v) is 14.6. The zero-order valence-corrected chi connectivity index (χ0v) is 23.3. The van der Waals surface area contributed by atoms with Crippen LogP contribution >= 0.6 is 15.9 Å². The first-order chi connectivity index (χ1) is 18.1. The van der Waals surface area contributed by atoms with Crippen LogP contribution in [-0.4, -0.2) is 69.3 Å². The van der Waals surface area contributed by atoms with Crippen molar-refractivity contribution in [1.82, 2.24) is 9.80 Å². The van der Waals surface area contributed by atoms with Gasteiger partial charge < -0.3 is 19.1 Å². The Labute approximate surface area is 228 Å². The number of amides is 2. The lowest BCUT2D eigenvalue weighted by Gasteiger charge is -2.34. The van der Waals surface area contributed by atoms with Gasteiger partial charge in [-0.2, -0.15) is 0 Å². The molecule has 0 N–H and O–H groups in total. The summed E-state index contributed by atoms with van der Waals surface area (Å²) in [5.74, 6) is -1.08. The van der Waals surface area contributed by atoms with Gasteiger partial charge in [0.15, 0.2) is 0 Å². The van der Waals surface area contributed by atoms with E-state index in [1.807, 2.05) is 26.0 Å². The highest BCUT2D eigenvalue weighted by molar-refractivity contribution is 9.10. The maximum atomic E-state index is 13.2. The molecule has 9 nitrogen and oxygen atoms in total. The van der Waals surface area contributed by atoms with E-state index in [0.29, 0.717) is 21.0 Å². The van der Waals surface area contributed by atoms with Crippen molar-refractivity contribution in [2.24, 2.45) is 0 Å². The molecule has 2 amide bonds. The van der Waals surface area contributed by atoms with E-state index in [9.17, 15) is 22.8 Å². The number of rotatable bonds is 5. The monoisotopic (exact) mass is 599 g/mol. The quantitative estimate of drug-likeness (QED) is 0.413. The molecule has 0 atom stereocenters. The third kappa shape index (κ3) is 4.54. The predicted octanol–water partition coefficient (Wildman–Crippen LogP) is 3.51. The molecule has 1 fully saturated rings. The molecular formula is C27H26BrN3O6S. The summed E-state index contributed by atoms with van der Waals surface area (Å²) in [5, 5.41) is 0.641. The van der Waals surface area contributed by atoms with Crippen molar-refractivity contribution in [3.05, 3.63) is 73.4 Å². The Hall–Kier alpha value is -3.44. The zero-order valence-electron chi connectivity index (χ0n) is 20.9. The van der Waals surface area contributed by atoms with Gasteiger partial charge in [0.25, 0.3) is 11.8 Å². The van der Waals surface area contributed by atoms with Crippen molar-refractivity contribution in [3.8, 4) is 0 Å². The Bertz CT molecular complexity index is 1650. The van der Waals surface area contributed by atoms with Crippen molar-refractivity contribution in [2.45, 2.75) is 18.7 Å². The normalized spacial score (nSPS) is 16.3. The van der Waals surface area contributed by atoms with Crippen LogP contribution in [0.5, 0.6) is 0 Å². The lowest BCUT2D eigenvalue weighted by Crippen LogP contribution is -2.51. The lowest BCUT2D eigenvalue weighted by atomic mass is 10.1. The van der Waals surface area contributed by atoms with Crippen molar-refractivity contribution in [3.63, 3.8) is 0 Å². The van der Waals surface area contributed by atoms with Crippen molar-refractivity contribution >= 4 is 60.3 Å². The van der Waals surface area contributed by atoms with E-state index in [-0.39, 0.29) is 41.5 Å². The molecule has 2 aromatic carbocycles. The van der Waals surface area contributed by atoms with E-state index in [2.05, 4.69) is 20.8 Å². The standard InChI is InChI=1S/C27H26BrN3O6S/c1-3-29(4-2)20-7-5-17-14-21(27(34)37-22(17)16-20)25(32)30-9-11-31(12-10-30)26(33)24-15-18-13-19(28)6-8-23(18)38(24,35)36/h5-8,13-16H,3-4,9-12H2,1-2H3. The maximum Gasteiger partial charge on any atom is 0.349 e. The molecule has 11 heteroatoms. The summed E-state index contributed by atoms with van der Waals surface area (Å²) in [7, 11) is -3.91. The molecule has 1 aromatic heterocycles. The second-order valence-electron chi connectivity index (χ2n) is 9.12. The van der Waals surface area contributed by atoms with Crippen LogP contribution in [0, 0.1) is 0 Å². The predicted molar refractivity (Wildman–Crippen MR) is 148 cm³/mol. The van der Waals surface area contributed by atoms with Crippen LogP contribution in [0.2, 0.25) is 0 Å². The summed E-state index contributed by atoms with van der Waals surface area (Å²) >= 11 is 3.32. The van der Waals surface area contributed by atoms with Crippen LogP contribution < -0.4 is 10.5 Å². The Kier molecular flexibility index (Phi) is 6.91. The van der Waals surface area contributed by atoms with Gasteiger partial charge in [0.1, 0.15) is 16.1 Å². The minimum Gasteiger partial charge on any atom is -0.422 e. The number of fused-ring (bicyclic) bond motifs is 2. The summed E-state index contributed by atoms with van der Waals surface area (Å²) in [5.41, 5.74) is 1.01. The molecule has 0 spiro atoms. The molecule has 1 saturated heterocycles. The highest BCUT2D eigenvalue weighted by Gasteiger charge is 2.38. The minimum atomic E-state index is -3.91. The van der Waals surface area contributed by atoms with E-state index >= 15 is 0 Å². The number of hydrogen-bond acceptors (Lipinski definition) is 7. The Morgan fingerprint density at radius 1 is 0.947 bits per heavy atom. The Morgan fingerprint density at radius 3 is 2.26 bits per heavy atom. The highest BCUT2D eigenvalue weighted by Crippen LogP contribution is 2.35. The van der Waals surface area contributed by atoms with Crippen LogP contribution in [0.1, 0.15) is 29.8 Å². The van der Waals surface area contributed by atoms with Crippen molar-refractivity contribution < 1.29 is 22.4 Å². The first kappa shape index (κ1) is 26.2. The van der Waals surface area contributed by atoms with Crippen LogP contribution in [0.15, 0.2) is 65.9 Å². The molecule has 3 aromatic rings. The number of halogens is 1. The van der Waals surface area contributed by atoms with Gasteiger partial charge >= 0.3 is 5.63 Å². The maximum absolute atomic E-state index is 13.2. The third-order valence-corrected chi connectivity index (χ3v) is 9.30. The zero-order chi connectivity index (χ0) is 27.2. The number of carbonyl (C=O) groups is 2. The number of benzene rings is 2. The molecule has 0 unspecified atom stereocenters. The summed E-state index contributed by atoms with van der Waals surface area (Å²) in [6, 6.07) is 11.8. The summed E-state index contributed by atoms with van der Waals surface area (Å²) in [6.45, 7) is 6.31. The molecule has 2 aliphatic rings. The number of anilines is 1. The average molecular weight is 600 g/mol. The van der Waals surface area contributed by atoms with Crippen LogP contribution in [0.25, 0.3) is 17.0 Å². The van der Waals surface area contributed by atoms with E-state index in [0.717, 1.165) is 18.8 Å². The van der Waals surface area contributed by atoms with E-state index < -0.39 is 27.3 Å². The molecule has 0 saturated carbocycles. The fraction of sp³-hybridized carbons (Fsp3) is 0.296. The molecule has 38 heavy (non-hydrogen) atoms. The topological polar surface area (TPSA) is 108 Å². The second-order valence-corrected chi connectivity index (χ2v) is 11.9. The van der Waals surface area contributed by atoms with Gasteiger partial charge in [0.2, 0.25) is 9.84 Å². The summed E-state index contributed by atoms with van der Waals surface area (Å²) < 4.78 is 32.1. The summed E-state index contributed by atoms with van der Waals surface area (Å²) in [6.07, 6.45) is 1.39. The van der Waals surface area contributed by atoms with E-state index in [1.165, 1.54) is 28.0 Å². The number of sulfone groups is 1. The van der Waals surface area contributed by atoms with Crippen molar-refractivity contribution in [1.29, 1.82) is 0 Å². The van der Waals surface area contributed by atoms with Crippen LogP contribution in [0.3, 0.4) is 0 Å².